The van der Waals surface area contributed by atoms with Crippen LogP contribution >= 0.6 is 0 Å². The fourth-order valence-corrected chi connectivity index (χ4v) is 1.54. The van der Waals surface area contributed by atoms with Gasteiger partial charge in [0.15, 0.2) is 0 Å². The molecule has 0 aliphatic heterocycles. The summed E-state index contributed by atoms with van der Waals surface area (Å²) in [5.74, 6) is 0. The van der Waals surface area contributed by atoms with Crippen molar-refractivity contribution in [2.24, 2.45) is 0 Å². The van der Waals surface area contributed by atoms with Crippen LogP contribution in [0.2, 0.25) is 0 Å². The van der Waals surface area contributed by atoms with E-state index in [1.165, 1.54) is 0 Å². The Hall–Kier alpha value is -0.800. The number of hydrogen-bond acceptors (Lipinski definition) is 2. The molecule has 0 spiro atoms. The Morgan fingerprint density at radius 3 is 2.50 bits per heavy atom. The second-order valence-corrected chi connectivity index (χ2v) is 4.70. The molecule has 14 heavy (non-hydrogen) atoms. The molecule has 0 aromatic heterocycles. The predicted octanol–water partition coefficient (Wildman–Crippen LogP) is 2.40. The first-order valence-electron chi connectivity index (χ1n) is 5.02. The van der Waals surface area contributed by atoms with Crippen LogP contribution in [0.4, 0.5) is 9.18 Å². The molecule has 1 aliphatic rings. The molecule has 2 atom stereocenters. The van der Waals surface area contributed by atoms with Gasteiger partial charge < -0.3 is 10.1 Å². The molecule has 1 fully saturated rings. The van der Waals surface area contributed by atoms with Gasteiger partial charge in [-0.1, -0.05) is 0 Å². The zero-order chi connectivity index (χ0) is 10.8. The van der Waals surface area contributed by atoms with E-state index in [-0.39, 0.29) is 6.04 Å². The number of ether oxygens (including phenoxy) is 1. The summed E-state index contributed by atoms with van der Waals surface area (Å²) in [4.78, 5) is 11.3. The van der Waals surface area contributed by atoms with E-state index in [0.717, 1.165) is 6.42 Å². The van der Waals surface area contributed by atoms with E-state index in [1.807, 2.05) is 0 Å². The minimum atomic E-state index is -0.914. The van der Waals surface area contributed by atoms with Crippen LogP contribution in [0.15, 0.2) is 0 Å². The first kappa shape index (κ1) is 11.3. The summed E-state index contributed by atoms with van der Waals surface area (Å²) in [5, 5.41) is 2.55. The molecule has 1 N–H and O–H groups in total. The standard InChI is InChI=1S/C10H18FNO2/c1-10(2,3)14-9(13)12-8-6-4-5-7(8)11/h7-8H,4-6H2,1-3H3,(H,12,13)/t7-,8-/m1/s1. The Kier molecular flexibility index (Phi) is 3.34. The van der Waals surface area contributed by atoms with Crippen molar-refractivity contribution in [2.75, 3.05) is 0 Å². The predicted molar refractivity (Wildman–Crippen MR) is 51.9 cm³/mol. The molecule has 1 saturated carbocycles. The number of hydrogen-bond donors (Lipinski definition) is 1. The molecule has 0 unspecified atom stereocenters. The maximum atomic E-state index is 13.1. The number of carbonyl (C=O) groups is 1. The van der Waals surface area contributed by atoms with E-state index in [4.69, 9.17) is 4.74 Å². The first-order chi connectivity index (χ1) is 6.38. The maximum absolute atomic E-state index is 13.1. The van der Waals surface area contributed by atoms with E-state index >= 15 is 0 Å². The lowest BCUT2D eigenvalue weighted by atomic mass is 10.2. The Morgan fingerprint density at radius 1 is 1.43 bits per heavy atom. The number of halogens is 1. The summed E-state index contributed by atoms with van der Waals surface area (Å²) in [5.41, 5.74) is -0.519. The summed E-state index contributed by atoms with van der Waals surface area (Å²) in [6.45, 7) is 5.36. The fourth-order valence-electron chi connectivity index (χ4n) is 1.54. The Labute approximate surface area is 84.0 Å². The molecular weight excluding hydrogens is 185 g/mol. The van der Waals surface area contributed by atoms with Gasteiger partial charge in [0.25, 0.3) is 0 Å². The number of amides is 1. The maximum Gasteiger partial charge on any atom is 0.407 e. The minimum Gasteiger partial charge on any atom is -0.444 e. The van der Waals surface area contributed by atoms with Gasteiger partial charge in [0, 0.05) is 0 Å². The molecule has 82 valence electrons. The van der Waals surface area contributed by atoms with Crippen LogP contribution in [-0.2, 0) is 4.74 Å². The van der Waals surface area contributed by atoms with E-state index in [2.05, 4.69) is 5.32 Å². The zero-order valence-corrected chi connectivity index (χ0v) is 8.97. The SMILES string of the molecule is CC(C)(C)OC(=O)N[C@@H]1CCC[C@H]1F. The summed E-state index contributed by atoms with van der Waals surface area (Å²) in [6, 6.07) is -0.357. The third-order valence-corrected chi connectivity index (χ3v) is 2.13. The van der Waals surface area contributed by atoms with Gasteiger partial charge in [-0.25, -0.2) is 9.18 Å². The lowest BCUT2D eigenvalue weighted by Crippen LogP contribution is -2.41. The smallest absolute Gasteiger partial charge is 0.407 e. The number of nitrogens with one attached hydrogen (secondary N) is 1. The van der Waals surface area contributed by atoms with Gasteiger partial charge in [-0.3, -0.25) is 0 Å². The summed E-state index contributed by atoms with van der Waals surface area (Å²) < 4.78 is 18.1. The highest BCUT2D eigenvalue weighted by Crippen LogP contribution is 2.22. The van der Waals surface area contributed by atoms with E-state index in [0.29, 0.717) is 12.8 Å². The van der Waals surface area contributed by atoms with Crippen LogP contribution in [-0.4, -0.2) is 23.9 Å². The Bertz CT molecular complexity index is 213. The van der Waals surface area contributed by atoms with E-state index in [9.17, 15) is 9.18 Å². The van der Waals surface area contributed by atoms with Crippen molar-refractivity contribution >= 4 is 6.09 Å². The molecule has 4 heteroatoms. The number of alkyl carbamates (subject to hydrolysis) is 1. The zero-order valence-electron chi connectivity index (χ0n) is 8.97. The normalized spacial score (nSPS) is 27.4. The van der Waals surface area contributed by atoms with Crippen LogP contribution < -0.4 is 5.32 Å². The monoisotopic (exact) mass is 203 g/mol. The average Bonchev–Trinajstić information content (AvgIpc) is 2.32. The van der Waals surface area contributed by atoms with Gasteiger partial charge in [-0.15, -0.1) is 0 Å². The Morgan fingerprint density at radius 2 is 2.07 bits per heavy atom. The molecule has 0 aromatic carbocycles. The van der Waals surface area contributed by atoms with Crippen molar-refractivity contribution in [1.29, 1.82) is 0 Å². The van der Waals surface area contributed by atoms with Crippen molar-refractivity contribution in [2.45, 2.75) is 57.8 Å². The summed E-state index contributed by atoms with van der Waals surface area (Å²) in [7, 11) is 0. The molecular formula is C10H18FNO2. The second kappa shape index (κ2) is 4.15. The molecule has 0 radical (unpaired) electrons. The molecule has 1 amide bonds. The third kappa shape index (κ3) is 3.52. The van der Waals surface area contributed by atoms with Crippen molar-refractivity contribution < 1.29 is 13.9 Å². The second-order valence-electron chi connectivity index (χ2n) is 4.70. The topological polar surface area (TPSA) is 38.3 Å². The highest BCUT2D eigenvalue weighted by molar-refractivity contribution is 5.68. The van der Waals surface area contributed by atoms with Crippen molar-refractivity contribution in [1.82, 2.24) is 5.32 Å². The van der Waals surface area contributed by atoms with Crippen LogP contribution in [0.3, 0.4) is 0 Å². The Balaban J connectivity index is 2.33. The van der Waals surface area contributed by atoms with Gasteiger partial charge >= 0.3 is 6.09 Å². The van der Waals surface area contributed by atoms with E-state index in [1.54, 1.807) is 20.8 Å². The number of carbonyl (C=O) groups excluding carboxylic acids is 1. The third-order valence-electron chi connectivity index (χ3n) is 2.13. The van der Waals surface area contributed by atoms with E-state index < -0.39 is 17.9 Å². The molecule has 0 bridgehead atoms. The van der Waals surface area contributed by atoms with Gasteiger partial charge in [0.1, 0.15) is 11.8 Å². The van der Waals surface area contributed by atoms with Crippen molar-refractivity contribution in [3.63, 3.8) is 0 Å². The molecule has 1 rings (SSSR count). The highest BCUT2D eigenvalue weighted by atomic mass is 19.1. The molecule has 0 saturated heterocycles. The fraction of sp³-hybridized carbons (Fsp3) is 0.900. The van der Waals surface area contributed by atoms with Crippen molar-refractivity contribution in [3.05, 3.63) is 0 Å². The van der Waals surface area contributed by atoms with Gasteiger partial charge in [-0.2, -0.15) is 0 Å². The average molecular weight is 203 g/mol. The molecule has 3 nitrogen and oxygen atoms in total. The summed E-state index contributed by atoms with van der Waals surface area (Å²) >= 11 is 0. The highest BCUT2D eigenvalue weighted by Gasteiger charge is 2.29. The number of alkyl halides is 1. The molecule has 0 heterocycles. The van der Waals surface area contributed by atoms with Gasteiger partial charge in [0.05, 0.1) is 6.04 Å². The van der Waals surface area contributed by atoms with Gasteiger partial charge in [-0.05, 0) is 40.0 Å². The van der Waals surface area contributed by atoms with Gasteiger partial charge in [0.2, 0.25) is 0 Å². The van der Waals surface area contributed by atoms with Crippen LogP contribution in [0.1, 0.15) is 40.0 Å². The quantitative estimate of drug-likeness (QED) is 0.710. The molecule has 0 aromatic rings. The van der Waals surface area contributed by atoms with Crippen LogP contribution in [0.5, 0.6) is 0 Å². The lowest BCUT2D eigenvalue weighted by Gasteiger charge is -2.22. The minimum absolute atomic E-state index is 0.357. The molecule has 1 aliphatic carbocycles. The van der Waals surface area contributed by atoms with Crippen molar-refractivity contribution in [3.8, 4) is 0 Å². The lowest BCUT2D eigenvalue weighted by molar-refractivity contribution is 0.0484. The first-order valence-corrected chi connectivity index (χ1v) is 5.02. The summed E-state index contributed by atoms with van der Waals surface area (Å²) in [6.07, 6.45) is 0.650. The van der Waals surface area contributed by atoms with Crippen LogP contribution in [0, 0.1) is 0 Å². The van der Waals surface area contributed by atoms with Crippen LogP contribution in [0.25, 0.3) is 0 Å². The number of rotatable bonds is 1. The largest absolute Gasteiger partial charge is 0.444 e.